The fraction of sp³-hybridized carbons (Fsp3) is 0.353. The molecule has 0 N–H and O–H groups in total. The number of rotatable bonds is 4. The van der Waals surface area contributed by atoms with Crippen molar-refractivity contribution in [1.29, 1.82) is 0 Å². The minimum Gasteiger partial charge on any atom is -0.359 e. The number of fused-ring (bicyclic) bond motifs is 1. The van der Waals surface area contributed by atoms with Crippen molar-refractivity contribution in [2.75, 3.05) is 18.5 Å². The van der Waals surface area contributed by atoms with Crippen LogP contribution in [0.4, 0.5) is 5.69 Å². The Kier molecular flexibility index (Phi) is 3.97. The third-order valence-electron chi connectivity index (χ3n) is 4.08. The molecule has 1 atom stereocenters. The molecule has 0 saturated carbocycles. The van der Waals surface area contributed by atoms with Crippen LogP contribution < -0.4 is 4.90 Å². The largest absolute Gasteiger partial charge is 0.359 e. The van der Waals surface area contributed by atoms with Crippen molar-refractivity contribution >= 4 is 22.9 Å². The van der Waals surface area contributed by atoms with Crippen LogP contribution in [0.25, 0.3) is 0 Å². The molecule has 2 heterocycles. The van der Waals surface area contributed by atoms with Crippen LogP contribution >= 0.6 is 11.3 Å². The molecule has 0 spiro atoms. The monoisotopic (exact) mass is 300 g/mol. The lowest BCUT2D eigenvalue weighted by Crippen LogP contribution is -2.40. The number of carbonyl (C=O) groups is 1. The molecule has 2 aromatic rings. The van der Waals surface area contributed by atoms with E-state index in [1.54, 1.807) is 11.3 Å². The number of anilines is 1. The van der Waals surface area contributed by atoms with Crippen LogP contribution in [0, 0.1) is 0 Å². The molecule has 1 aliphatic heterocycles. The van der Waals surface area contributed by atoms with Gasteiger partial charge in [-0.15, -0.1) is 0 Å². The van der Waals surface area contributed by atoms with Crippen LogP contribution in [0.15, 0.2) is 41.1 Å². The SMILES string of the molecule is C[C@@H]1Cc2ccccc2N1CC(=O)N(C)Cc1ccsc1. The number of likely N-dealkylation sites (N-methyl/N-ethyl adjacent to an activating group) is 1. The van der Waals surface area contributed by atoms with Gasteiger partial charge in [0.25, 0.3) is 0 Å². The lowest BCUT2D eigenvalue weighted by atomic mass is 10.1. The summed E-state index contributed by atoms with van der Waals surface area (Å²) in [5.41, 5.74) is 3.76. The second-order valence-electron chi connectivity index (χ2n) is 5.69. The minimum absolute atomic E-state index is 0.171. The van der Waals surface area contributed by atoms with Crippen molar-refractivity contribution in [1.82, 2.24) is 4.90 Å². The van der Waals surface area contributed by atoms with Gasteiger partial charge in [-0.2, -0.15) is 11.3 Å². The molecule has 110 valence electrons. The van der Waals surface area contributed by atoms with Gasteiger partial charge in [-0.25, -0.2) is 0 Å². The first-order chi connectivity index (χ1) is 10.1. The van der Waals surface area contributed by atoms with Gasteiger partial charge in [-0.1, -0.05) is 18.2 Å². The van der Waals surface area contributed by atoms with Gasteiger partial charge in [-0.05, 0) is 47.4 Å². The van der Waals surface area contributed by atoms with E-state index in [4.69, 9.17) is 0 Å². The first kappa shape index (κ1) is 14.1. The average molecular weight is 300 g/mol. The smallest absolute Gasteiger partial charge is 0.242 e. The summed E-state index contributed by atoms with van der Waals surface area (Å²) in [4.78, 5) is 16.5. The molecule has 0 fully saturated rings. The van der Waals surface area contributed by atoms with Gasteiger partial charge in [0.1, 0.15) is 0 Å². The molecule has 4 heteroatoms. The van der Waals surface area contributed by atoms with Crippen LogP contribution in [0.3, 0.4) is 0 Å². The van der Waals surface area contributed by atoms with E-state index in [2.05, 4.69) is 41.5 Å². The zero-order chi connectivity index (χ0) is 14.8. The first-order valence-corrected chi connectivity index (χ1v) is 8.19. The van der Waals surface area contributed by atoms with Crippen molar-refractivity contribution in [2.45, 2.75) is 25.9 Å². The third kappa shape index (κ3) is 2.95. The summed E-state index contributed by atoms with van der Waals surface area (Å²) >= 11 is 1.67. The van der Waals surface area contributed by atoms with Crippen LogP contribution in [0.1, 0.15) is 18.1 Å². The Bertz CT molecular complexity index is 623. The van der Waals surface area contributed by atoms with Crippen LogP contribution in [-0.2, 0) is 17.8 Å². The van der Waals surface area contributed by atoms with Gasteiger partial charge in [0.15, 0.2) is 0 Å². The van der Waals surface area contributed by atoms with E-state index >= 15 is 0 Å². The first-order valence-electron chi connectivity index (χ1n) is 7.24. The molecule has 0 radical (unpaired) electrons. The van der Waals surface area contributed by atoms with Gasteiger partial charge >= 0.3 is 0 Å². The fourth-order valence-corrected chi connectivity index (χ4v) is 3.54. The van der Waals surface area contributed by atoms with E-state index in [0.29, 0.717) is 19.1 Å². The van der Waals surface area contributed by atoms with Crippen molar-refractivity contribution in [2.24, 2.45) is 0 Å². The standard InChI is InChI=1S/C17H20N2OS/c1-13-9-15-5-3-4-6-16(15)19(13)11-17(20)18(2)10-14-7-8-21-12-14/h3-8,12-13H,9-11H2,1-2H3/t13-/m1/s1. The zero-order valence-corrected chi connectivity index (χ0v) is 13.3. The minimum atomic E-state index is 0.171. The molecular formula is C17H20N2OS. The number of carbonyl (C=O) groups excluding carboxylic acids is 1. The maximum absolute atomic E-state index is 12.5. The van der Waals surface area contributed by atoms with E-state index in [0.717, 1.165) is 6.42 Å². The highest BCUT2D eigenvalue weighted by Gasteiger charge is 2.27. The van der Waals surface area contributed by atoms with Gasteiger partial charge in [0.05, 0.1) is 6.54 Å². The summed E-state index contributed by atoms with van der Waals surface area (Å²) in [6, 6.07) is 10.8. The molecule has 0 aliphatic carbocycles. The topological polar surface area (TPSA) is 23.6 Å². The molecule has 1 amide bonds. The molecule has 1 aromatic carbocycles. The number of nitrogens with zero attached hydrogens (tertiary/aromatic N) is 2. The van der Waals surface area contributed by atoms with Crippen LogP contribution in [0.5, 0.6) is 0 Å². The molecule has 0 saturated heterocycles. The number of hydrogen-bond acceptors (Lipinski definition) is 3. The average Bonchev–Trinajstić information content (AvgIpc) is 3.07. The lowest BCUT2D eigenvalue weighted by molar-refractivity contribution is -0.129. The number of hydrogen-bond donors (Lipinski definition) is 0. The summed E-state index contributed by atoms with van der Waals surface area (Å²) in [5.74, 6) is 0.171. The Morgan fingerprint density at radius 1 is 1.38 bits per heavy atom. The van der Waals surface area contributed by atoms with Crippen molar-refractivity contribution < 1.29 is 4.79 Å². The third-order valence-corrected chi connectivity index (χ3v) is 4.81. The number of amides is 1. The summed E-state index contributed by atoms with van der Waals surface area (Å²) in [6.07, 6.45) is 1.03. The second kappa shape index (κ2) is 5.90. The highest BCUT2D eigenvalue weighted by atomic mass is 32.1. The molecular weight excluding hydrogens is 280 g/mol. The Morgan fingerprint density at radius 3 is 2.95 bits per heavy atom. The maximum Gasteiger partial charge on any atom is 0.242 e. The van der Waals surface area contributed by atoms with E-state index in [9.17, 15) is 4.79 Å². The highest BCUT2D eigenvalue weighted by Crippen LogP contribution is 2.31. The lowest BCUT2D eigenvalue weighted by Gasteiger charge is -2.27. The van der Waals surface area contributed by atoms with E-state index in [1.807, 2.05) is 23.4 Å². The normalized spacial score (nSPS) is 16.9. The van der Waals surface area contributed by atoms with E-state index in [1.165, 1.54) is 16.8 Å². The Morgan fingerprint density at radius 2 is 2.19 bits per heavy atom. The Hall–Kier alpha value is -1.81. The predicted molar refractivity (Wildman–Crippen MR) is 87.7 cm³/mol. The fourth-order valence-electron chi connectivity index (χ4n) is 2.88. The predicted octanol–water partition coefficient (Wildman–Crippen LogP) is 3.16. The Balaban J connectivity index is 1.67. The number of benzene rings is 1. The molecule has 21 heavy (non-hydrogen) atoms. The van der Waals surface area contributed by atoms with E-state index < -0.39 is 0 Å². The molecule has 0 unspecified atom stereocenters. The molecule has 1 aromatic heterocycles. The maximum atomic E-state index is 12.5. The van der Waals surface area contributed by atoms with Crippen LogP contribution in [0.2, 0.25) is 0 Å². The van der Waals surface area contributed by atoms with Crippen molar-refractivity contribution in [3.05, 3.63) is 52.2 Å². The molecule has 1 aliphatic rings. The van der Waals surface area contributed by atoms with Gasteiger partial charge in [0.2, 0.25) is 5.91 Å². The molecule has 3 rings (SSSR count). The number of para-hydroxylation sites is 1. The second-order valence-corrected chi connectivity index (χ2v) is 6.47. The number of thiophene rings is 1. The highest BCUT2D eigenvalue weighted by molar-refractivity contribution is 7.07. The summed E-state index contributed by atoms with van der Waals surface area (Å²) < 4.78 is 0. The molecule has 0 bridgehead atoms. The van der Waals surface area contributed by atoms with Crippen molar-refractivity contribution in [3.63, 3.8) is 0 Å². The summed E-state index contributed by atoms with van der Waals surface area (Å²) in [6.45, 7) is 3.33. The summed E-state index contributed by atoms with van der Waals surface area (Å²) in [7, 11) is 1.88. The van der Waals surface area contributed by atoms with Crippen LogP contribution in [-0.4, -0.2) is 30.4 Å². The molecule has 3 nitrogen and oxygen atoms in total. The quantitative estimate of drug-likeness (QED) is 0.866. The van der Waals surface area contributed by atoms with Gasteiger partial charge in [-0.3, -0.25) is 4.79 Å². The van der Waals surface area contributed by atoms with Crippen molar-refractivity contribution in [3.8, 4) is 0 Å². The van der Waals surface area contributed by atoms with E-state index in [-0.39, 0.29) is 5.91 Å². The summed E-state index contributed by atoms with van der Waals surface area (Å²) in [5, 5.41) is 4.14. The Labute approximate surface area is 129 Å². The van der Waals surface area contributed by atoms with Gasteiger partial charge < -0.3 is 9.80 Å². The zero-order valence-electron chi connectivity index (χ0n) is 12.5. The van der Waals surface area contributed by atoms with Gasteiger partial charge in [0, 0.05) is 25.3 Å².